The lowest BCUT2D eigenvalue weighted by Gasteiger charge is -2.18. The van der Waals surface area contributed by atoms with Crippen LogP contribution in [0.4, 0.5) is 0 Å². The summed E-state index contributed by atoms with van der Waals surface area (Å²) in [6.07, 6.45) is 0.911. The maximum atomic E-state index is 11.6. The molecule has 1 rings (SSSR count). The van der Waals surface area contributed by atoms with Gasteiger partial charge in [-0.2, -0.15) is 0 Å². The van der Waals surface area contributed by atoms with Crippen LogP contribution in [0.15, 0.2) is 24.3 Å². The number of hydrogen-bond donors (Lipinski definition) is 2. The molecule has 0 saturated carbocycles. The van der Waals surface area contributed by atoms with Gasteiger partial charge in [0.1, 0.15) is 0 Å². The minimum Gasteiger partial charge on any atom is -0.481 e. The monoisotopic (exact) mass is 269 g/mol. The van der Waals surface area contributed by atoms with E-state index >= 15 is 0 Å². The van der Waals surface area contributed by atoms with Crippen molar-refractivity contribution < 1.29 is 14.7 Å². The van der Waals surface area contributed by atoms with Crippen molar-refractivity contribution in [1.29, 1.82) is 0 Å². The lowest BCUT2D eigenvalue weighted by molar-refractivity contribution is -0.137. The third-order valence-corrected chi connectivity index (χ3v) is 2.82. The summed E-state index contributed by atoms with van der Waals surface area (Å²) in [5.74, 6) is -1.14. The average Bonchev–Trinajstić information content (AvgIpc) is 2.28. The smallest absolute Gasteiger partial charge is 0.305 e. The van der Waals surface area contributed by atoms with Crippen molar-refractivity contribution in [1.82, 2.24) is 5.32 Å². The molecule has 0 aliphatic carbocycles. The van der Waals surface area contributed by atoms with Crippen molar-refractivity contribution in [2.75, 3.05) is 0 Å². The van der Waals surface area contributed by atoms with Gasteiger partial charge in [0.15, 0.2) is 0 Å². The van der Waals surface area contributed by atoms with E-state index < -0.39 is 12.0 Å². The van der Waals surface area contributed by atoms with Gasteiger partial charge in [0, 0.05) is 11.4 Å². The summed E-state index contributed by atoms with van der Waals surface area (Å²) >= 11 is 6.02. The number of carboxylic acid groups (broad SMARTS) is 1. The van der Waals surface area contributed by atoms with Gasteiger partial charge in [-0.05, 0) is 18.1 Å². The van der Waals surface area contributed by atoms with Gasteiger partial charge < -0.3 is 10.4 Å². The molecule has 0 radical (unpaired) electrons. The van der Waals surface area contributed by atoms with Gasteiger partial charge in [0.2, 0.25) is 5.91 Å². The fourth-order valence-electron chi connectivity index (χ4n) is 1.66. The topological polar surface area (TPSA) is 66.4 Å². The SMILES string of the molecule is CCCC(=O)NC(CC(=O)O)c1ccccc1Cl. The fraction of sp³-hybridized carbons (Fsp3) is 0.385. The van der Waals surface area contributed by atoms with Crippen LogP contribution in [0.5, 0.6) is 0 Å². The van der Waals surface area contributed by atoms with Crippen LogP contribution in [-0.4, -0.2) is 17.0 Å². The molecule has 0 spiro atoms. The molecule has 2 N–H and O–H groups in total. The molecule has 18 heavy (non-hydrogen) atoms. The molecule has 1 atom stereocenters. The van der Waals surface area contributed by atoms with E-state index in [4.69, 9.17) is 16.7 Å². The van der Waals surface area contributed by atoms with Crippen LogP contribution in [0.25, 0.3) is 0 Å². The number of benzene rings is 1. The summed E-state index contributed by atoms with van der Waals surface area (Å²) in [6, 6.07) is 6.34. The van der Waals surface area contributed by atoms with Crippen molar-refractivity contribution >= 4 is 23.5 Å². The summed E-state index contributed by atoms with van der Waals surface area (Å²) in [4.78, 5) is 22.4. The Balaban J connectivity index is 2.88. The van der Waals surface area contributed by atoms with E-state index in [9.17, 15) is 9.59 Å². The molecule has 0 aromatic heterocycles. The average molecular weight is 270 g/mol. The van der Waals surface area contributed by atoms with Crippen LogP contribution >= 0.6 is 11.6 Å². The highest BCUT2D eigenvalue weighted by molar-refractivity contribution is 6.31. The van der Waals surface area contributed by atoms with Crippen LogP contribution in [0.2, 0.25) is 5.02 Å². The van der Waals surface area contributed by atoms with Crippen LogP contribution in [0, 0.1) is 0 Å². The first kappa shape index (κ1) is 14.5. The Bertz CT molecular complexity index is 434. The number of halogens is 1. The first-order chi connectivity index (χ1) is 8.54. The number of nitrogens with one attached hydrogen (secondary N) is 1. The van der Waals surface area contributed by atoms with E-state index in [0.29, 0.717) is 23.4 Å². The molecule has 0 fully saturated rings. The molecule has 1 aromatic rings. The second kappa shape index (κ2) is 7.01. The molecule has 1 amide bonds. The van der Waals surface area contributed by atoms with Crippen LogP contribution in [0.1, 0.15) is 37.8 Å². The Labute approximate surface area is 111 Å². The molecular formula is C13H16ClNO3. The second-order valence-electron chi connectivity index (χ2n) is 3.99. The maximum Gasteiger partial charge on any atom is 0.305 e. The summed E-state index contributed by atoms with van der Waals surface area (Å²) in [6.45, 7) is 1.89. The quantitative estimate of drug-likeness (QED) is 0.834. The first-order valence-corrected chi connectivity index (χ1v) is 6.18. The lowest BCUT2D eigenvalue weighted by atomic mass is 10.0. The normalized spacial score (nSPS) is 11.9. The zero-order valence-electron chi connectivity index (χ0n) is 10.1. The standard InChI is InChI=1S/C13H16ClNO3/c1-2-5-12(16)15-11(8-13(17)18)9-6-3-4-7-10(9)14/h3-4,6-7,11H,2,5,8H2,1H3,(H,15,16)(H,17,18). The number of carbonyl (C=O) groups excluding carboxylic acids is 1. The number of carboxylic acids is 1. The van der Waals surface area contributed by atoms with Crippen LogP contribution < -0.4 is 5.32 Å². The van der Waals surface area contributed by atoms with E-state index in [0.717, 1.165) is 0 Å². The molecule has 0 aliphatic rings. The predicted octanol–water partition coefficient (Wildman–Crippen LogP) is 2.77. The zero-order chi connectivity index (χ0) is 13.5. The molecular weight excluding hydrogens is 254 g/mol. The highest BCUT2D eigenvalue weighted by Crippen LogP contribution is 2.25. The molecule has 0 bridgehead atoms. The summed E-state index contributed by atoms with van der Waals surface area (Å²) < 4.78 is 0. The van der Waals surface area contributed by atoms with Crippen molar-refractivity contribution in [3.8, 4) is 0 Å². The number of amides is 1. The van der Waals surface area contributed by atoms with Gasteiger partial charge in [0.05, 0.1) is 12.5 Å². The highest BCUT2D eigenvalue weighted by atomic mass is 35.5. The molecule has 1 unspecified atom stereocenters. The number of hydrogen-bond acceptors (Lipinski definition) is 2. The lowest BCUT2D eigenvalue weighted by Crippen LogP contribution is -2.30. The summed E-state index contributed by atoms with van der Waals surface area (Å²) in [5.41, 5.74) is 0.631. The van der Waals surface area contributed by atoms with Gasteiger partial charge in [0.25, 0.3) is 0 Å². The molecule has 0 aliphatic heterocycles. The third-order valence-electron chi connectivity index (χ3n) is 2.47. The second-order valence-corrected chi connectivity index (χ2v) is 4.40. The summed E-state index contributed by atoms with van der Waals surface area (Å²) in [5, 5.41) is 12.0. The molecule has 4 nitrogen and oxygen atoms in total. The van der Waals surface area contributed by atoms with Crippen molar-refractivity contribution in [3.05, 3.63) is 34.9 Å². The van der Waals surface area contributed by atoms with Crippen molar-refractivity contribution in [2.24, 2.45) is 0 Å². The van der Waals surface area contributed by atoms with Gasteiger partial charge in [-0.25, -0.2) is 0 Å². The van der Waals surface area contributed by atoms with Crippen LogP contribution in [-0.2, 0) is 9.59 Å². The third kappa shape index (κ3) is 4.37. The first-order valence-electron chi connectivity index (χ1n) is 5.80. The molecule has 1 aromatic carbocycles. The van der Waals surface area contributed by atoms with E-state index in [1.54, 1.807) is 24.3 Å². The predicted molar refractivity (Wildman–Crippen MR) is 69.5 cm³/mol. The van der Waals surface area contributed by atoms with E-state index in [1.807, 2.05) is 6.92 Å². The van der Waals surface area contributed by atoms with E-state index in [1.165, 1.54) is 0 Å². The number of carbonyl (C=O) groups is 2. The van der Waals surface area contributed by atoms with Crippen molar-refractivity contribution in [2.45, 2.75) is 32.2 Å². The van der Waals surface area contributed by atoms with E-state index in [-0.39, 0.29) is 12.3 Å². The Morgan fingerprint density at radius 2 is 2.06 bits per heavy atom. The Morgan fingerprint density at radius 3 is 2.61 bits per heavy atom. The van der Waals surface area contributed by atoms with Crippen molar-refractivity contribution in [3.63, 3.8) is 0 Å². The van der Waals surface area contributed by atoms with Gasteiger partial charge in [-0.1, -0.05) is 36.7 Å². The number of aliphatic carboxylic acids is 1. The zero-order valence-corrected chi connectivity index (χ0v) is 10.9. The van der Waals surface area contributed by atoms with E-state index in [2.05, 4.69) is 5.32 Å². The summed E-state index contributed by atoms with van der Waals surface area (Å²) in [7, 11) is 0. The fourth-order valence-corrected chi connectivity index (χ4v) is 1.93. The highest BCUT2D eigenvalue weighted by Gasteiger charge is 2.19. The molecule has 5 heteroatoms. The van der Waals surface area contributed by atoms with Gasteiger partial charge in [-0.3, -0.25) is 9.59 Å². The maximum absolute atomic E-state index is 11.6. The van der Waals surface area contributed by atoms with Gasteiger partial charge in [-0.15, -0.1) is 0 Å². The number of rotatable bonds is 6. The molecule has 0 saturated heterocycles. The molecule has 0 heterocycles. The Kier molecular flexibility index (Phi) is 5.65. The van der Waals surface area contributed by atoms with Gasteiger partial charge >= 0.3 is 5.97 Å². The minimum absolute atomic E-state index is 0.163. The Hall–Kier alpha value is -1.55. The Morgan fingerprint density at radius 1 is 1.39 bits per heavy atom. The largest absolute Gasteiger partial charge is 0.481 e. The molecule has 98 valence electrons. The van der Waals surface area contributed by atoms with Crippen LogP contribution in [0.3, 0.4) is 0 Å². The minimum atomic E-state index is -0.975.